The Kier molecular flexibility index (Phi) is 5.96. The molecule has 0 aliphatic rings. The van der Waals surface area contributed by atoms with E-state index in [1.165, 1.54) is 11.8 Å². The van der Waals surface area contributed by atoms with Crippen LogP contribution in [0.2, 0.25) is 0 Å². The van der Waals surface area contributed by atoms with Crippen LogP contribution in [0.25, 0.3) is 15.9 Å². The molecule has 0 fully saturated rings. The number of benzene rings is 2. The Labute approximate surface area is 181 Å². The number of carbonyl (C=O) groups is 1. The summed E-state index contributed by atoms with van der Waals surface area (Å²) in [6.45, 7) is 1.99. The zero-order chi connectivity index (χ0) is 21.1. The van der Waals surface area contributed by atoms with Gasteiger partial charge in [-0.05, 0) is 53.7 Å². The number of rotatable bonds is 7. The van der Waals surface area contributed by atoms with Gasteiger partial charge >= 0.3 is 0 Å². The fraction of sp³-hybridized carbons (Fsp3) is 0.250. The number of para-hydroxylation sites is 1. The van der Waals surface area contributed by atoms with Crippen LogP contribution in [-0.2, 0) is 4.79 Å². The molecule has 154 valence electrons. The molecule has 0 aliphatic heterocycles. The van der Waals surface area contributed by atoms with Gasteiger partial charge in [0, 0.05) is 7.05 Å². The molecule has 4 rings (SSSR count). The van der Waals surface area contributed by atoms with Crippen molar-refractivity contribution >= 4 is 39.2 Å². The maximum absolute atomic E-state index is 12.8. The Morgan fingerprint density at radius 1 is 1.23 bits per heavy atom. The zero-order valence-corrected chi connectivity index (χ0v) is 18.4. The normalized spacial score (nSPS) is 12.1. The molecule has 0 spiro atoms. The Bertz CT molecular complexity index is 1120. The number of carbonyl (C=O) groups excluding carboxylic acids is 1. The first-order valence-electron chi connectivity index (χ1n) is 9.23. The lowest BCUT2D eigenvalue weighted by Crippen LogP contribution is -2.31. The molecule has 2 heterocycles. The van der Waals surface area contributed by atoms with E-state index in [-0.39, 0.29) is 17.7 Å². The van der Waals surface area contributed by atoms with Crippen molar-refractivity contribution in [3.8, 4) is 11.4 Å². The first-order chi connectivity index (χ1) is 14.6. The van der Waals surface area contributed by atoms with Gasteiger partial charge in [0.1, 0.15) is 10.8 Å². The minimum atomic E-state index is -0.118. The second kappa shape index (κ2) is 8.80. The van der Waals surface area contributed by atoms with Crippen molar-refractivity contribution in [2.75, 3.05) is 19.9 Å². The van der Waals surface area contributed by atoms with Crippen LogP contribution in [0, 0.1) is 0 Å². The molecule has 4 aromatic rings. The number of aromatic nitrogens is 5. The molecule has 1 atom stereocenters. The van der Waals surface area contributed by atoms with Crippen molar-refractivity contribution in [2.45, 2.75) is 18.1 Å². The number of ether oxygens (including phenoxy) is 1. The van der Waals surface area contributed by atoms with Gasteiger partial charge in [-0.25, -0.2) is 4.98 Å². The number of thioether (sulfide) groups is 1. The standard InChI is InChI=1S/C20H20N6O2S2/c1-13(19-21-16-6-4-5-7-17(16)30-19)25(2)18(27)12-29-20-22-23-24-26(20)14-8-10-15(28-3)11-9-14/h4-11,13H,12H2,1-3H3/t13-/m1/s1. The Hall–Kier alpha value is -2.98. The minimum absolute atomic E-state index is 0.0176. The maximum atomic E-state index is 12.8. The molecule has 1 amide bonds. The number of methoxy groups -OCH3 is 1. The lowest BCUT2D eigenvalue weighted by Gasteiger charge is -2.23. The number of amides is 1. The highest BCUT2D eigenvalue weighted by molar-refractivity contribution is 7.99. The van der Waals surface area contributed by atoms with E-state index < -0.39 is 0 Å². The number of fused-ring (bicyclic) bond motifs is 1. The van der Waals surface area contributed by atoms with Crippen LogP contribution >= 0.6 is 23.1 Å². The predicted octanol–water partition coefficient (Wildman–Crippen LogP) is 3.59. The van der Waals surface area contributed by atoms with Crippen LogP contribution in [0.1, 0.15) is 18.0 Å². The Morgan fingerprint density at radius 3 is 2.73 bits per heavy atom. The molecular formula is C20H20N6O2S2. The number of hydrogen-bond donors (Lipinski definition) is 0. The van der Waals surface area contributed by atoms with Crippen LogP contribution in [0.5, 0.6) is 5.75 Å². The summed E-state index contributed by atoms with van der Waals surface area (Å²) < 4.78 is 7.90. The molecule has 0 saturated heterocycles. The smallest absolute Gasteiger partial charge is 0.233 e. The van der Waals surface area contributed by atoms with E-state index in [2.05, 4.69) is 20.5 Å². The number of nitrogens with zero attached hydrogens (tertiary/aromatic N) is 6. The quantitative estimate of drug-likeness (QED) is 0.406. The van der Waals surface area contributed by atoms with Crippen molar-refractivity contribution in [3.63, 3.8) is 0 Å². The topological polar surface area (TPSA) is 86.0 Å². The van der Waals surface area contributed by atoms with Crippen molar-refractivity contribution in [3.05, 3.63) is 53.5 Å². The molecular weight excluding hydrogens is 420 g/mol. The molecule has 0 saturated carbocycles. The van der Waals surface area contributed by atoms with Gasteiger partial charge in [0.15, 0.2) is 0 Å². The van der Waals surface area contributed by atoms with Crippen molar-refractivity contribution in [1.82, 2.24) is 30.1 Å². The van der Waals surface area contributed by atoms with E-state index in [4.69, 9.17) is 4.74 Å². The van der Waals surface area contributed by atoms with Crippen molar-refractivity contribution in [2.24, 2.45) is 0 Å². The highest BCUT2D eigenvalue weighted by Crippen LogP contribution is 2.29. The van der Waals surface area contributed by atoms with Crippen LogP contribution < -0.4 is 4.74 Å². The highest BCUT2D eigenvalue weighted by atomic mass is 32.2. The Morgan fingerprint density at radius 2 is 2.00 bits per heavy atom. The minimum Gasteiger partial charge on any atom is -0.497 e. The summed E-state index contributed by atoms with van der Waals surface area (Å²) >= 11 is 2.91. The molecule has 0 unspecified atom stereocenters. The number of thiazole rings is 1. The summed E-state index contributed by atoms with van der Waals surface area (Å²) in [5.74, 6) is 0.958. The summed E-state index contributed by atoms with van der Waals surface area (Å²) in [6.07, 6.45) is 0. The van der Waals surface area contributed by atoms with E-state index in [1.54, 1.807) is 35.1 Å². The Balaban J connectivity index is 1.42. The van der Waals surface area contributed by atoms with Crippen LogP contribution in [0.3, 0.4) is 0 Å². The van der Waals surface area contributed by atoms with Gasteiger partial charge in [0.05, 0.1) is 34.8 Å². The molecule has 8 nitrogen and oxygen atoms in total. The van der Waals surface area contributed by atoms with E-state index >= 15 is 0 Å². The van der Waals surface area contributed by atoms with Crippen LogP contribution in [-0.4, -0.2) is 55.9 Å². The van der Waals surface area contributed by atoms with Gasteiger partial charge in [-0.15, -0.1) is 16.4 Å². The molecule has 10 heteroatoms. The van der Waals surface area contributed by atoms with Crippen LogP contribution in [0.4, 0.5) is 0 Å². The van der Waals surface area contributed by atoms with Gasteiger partial charge in [0.2, 0.25) is 11.1 Å². The molecule has 0 radical (unpaired) electrons. The monoisotopic (exact) mass is 440 g/mol. The van der Waals surface area contributed by atoms with Gasteiger partial charge in [0.25, 0.3) is 0 Å². The molecule has 2 aromatic heterocycles. The zero-order valence-electron chi connectivity index (χ0n) is 16.7. The fourth-order valence-electron chi connectivity index (χ4n) is 2.83. The van der Waals surface area contributed by atoms with Gasteiger partial charge in [-0.2, -0.15) is 4.68 Å². The third-order valence-electron chi connectivity index (χ3n) is 4.72. The second-order valence-corrected chi connectivity index (χ2v) is 8.57. The first kappa shape index (κ1) is 20.3. The highest BCUT2D eigenvalue weighted by Gasteiger charge is 2.22. The van der Waals surface area contributed by atoms with Crippen LogP contribution in [0.15, 0.2) is 53.7 Å². The molecule has 0 bridgehead atoms. The van der Waals surface area contributed by atoms with E-state index in [1.807, 2.05) is 55.5 Å². The maximum Gasteiger partial charge on any atom is 0.233 e. The van der Waals surface area contributed by atoms with Crippen molar-refractivity contribution in [1.29, 1.82) is 0 Å². The van der Waals surface area contributed by atoms with Gasteiger partial charge in [-0.3, -0.25) is 4.79 Å². The summed E-state index contributed by atoms with van der Waals surface area (Å²) in [7, 11) is 3.41. The number of hydrogen-bond acceptors (Lipinski definition) is 8. The summed E-state index contributed by atoms with van der Waals surface area (Å²) in [5.41, 5.74) is 1.75. The SMILES string of the molecule is COc1ccc(-n2nnnc2SCC(=O)N(C)[C@H](C)c2nc3ccccc3s2)cc1. The second-order valence-electron chi connectivity index (χ2n) is 6.56. The van der Waals surface area contributed by atoms with E-state index in [0.29, 0.717) is 5.16 Å². The van der Waals surface area contributed by atoms with E-state index in [0.717, 1.165) is 26.7 Å². The summed E-state index contributed by atoms with van der Waals surface area (Å²) in [5, 5.41) is 13.3. The van der Waals surface area contributed by atoms with E-state index in [9.17, 15) is 4.79 Å². The summed E-state index contributed by atoms with van der Waals surface area (Å²) in [4.78, 5) is 19.2. The average Bonchev–Trinajstić information content (AvgIpc) is 3.43. The van der Waals surface area contributed by atoms with Crippen molar-refractivity contribution < 1.29 is 9.53 Å². The molecule has 0 N–H and O–H groups in total. The fourth-order valence-corrected chi connectivity index (χ4v) is 4.71. The largest absolute Gasteiger partial charge is 0.497 e. The lowest BCUT2D eigenvalue weighted by molar-refractivity contribution is -0.128. The predicted molar refractivity (Wildman–Crippen MR) is 117 cm³/mol. The third-order valence-corrected chi connectivity index (χ3v) is 6.84. The van der Waals surface area contributed by atoms with Gasteiger partial charge in [-0.1, -0.05) is 23.9 Å². The third kappa shape index (κ3) is 4.14. The average molecular weight is 441 g/mol. The molecule has 0 aliphatic carbocycles. The number of tetrazole rings is 1. The molecule has 2 aromatic carbocycles. The molecule has 30 heavy (non-hydrogen) atoms. The first-order valence-corrected chi connectivity index (χ1v) is 11.0. The van der Waals surface area contributed by atoms with Gasteiger partial charge < -0.3 is 9.64 Å². The lowest BCUT2D eigenvalue weighted by atomic mass is 10.3. The summed E-state index contributed by atoms with van der Waals surface area (Å²) in [6, 6.07) is 15.3.